The van der Waals surface area contributed by atoms with Crippen LogP contribution in [0.15, 0.2) is 42.5 Å². The zero-order valence-electron chi connectivity index (χ0n) is 9.79. The standard InChI is InChI=1S/C14H10ClF2NO/c15-10-3-6-12(17)13(8-10)18-14(19)7-9-1-4-11(16)5-2-9/h1-6,8H,7H2,(H,18,19). The van der Waals surface area contributed by atoms with E-state index in [0.717, 1.165) is 0 Å². The quantitative estimate of drug-likeness (QED) is 0.911. The minimum Gasteiger partial charge on any atom is -0.323 e. The highest BCUT2D eigenvalue weighted by atomic mass is 35.5. The first kappa shape index (κ1) is 13.5. The molecule has 2 nitrogen and oxygen atoms in total. The zero-order chi connectivity index (χ0) is 13.8. The van der Waals surface area contributed by atoms with E-state index in [1.165, 1.54) is 42.5 Å². The fourth-order valence-electron chi connectivity index (χ4n) is 1.58. The fourth-order valence-corrected chi connectivity index (χ4v) is 1.75. The molecule has 0 aromatic heterocycles. The SMILES string of the molecule is O=C(Cc1ccc(F)cc1)Nc1cc(Cl)ccc1F. The second kappa shape index (κ2) is 5.80. The number of rotatable bonds is 3. The first-order valence-electron chi connectivity index (χ1n) is 5.54. The highest BCUT2D eigenvalue weighted by molar-refractivity contribution is 6.30. The van der Waals surface area contributed by atoms with Gasteiger partial charge in [-0.1, -0.05) is 23.7 Å². The lowest BCUT2D eigenvalue weighted by Crippen LogP contribution is -2.15. The summed E-state index contributed by atoms with van der Waals surface area (Å²) in [6.45, 7) is 0. The second-order valence-electron chi connectivity index (χ2n) is 3.98. The second-order valence-corrected chi connectivity index (χ2v) is 4.41. The minimum absolute atomic E-state index is 0.0274. The molecule has 2 aromatic rings. The molecule has 0 bridgehead atoms. The number of carbonyl (C=O) groups excluding carboxylic acids is 1. The molecule has 1 amide bonds. The molecule has 0 aliphatic rings. The molecule has 0 aliphatic heterocycles. The van der Waals surface area contributed by atoms with Crippen molar-refractivity contribution in [3.8, 4) is 0 Å². The Labute approximate surface area is 114 Å². The molecule has 0 fully saturated rings. The van der Waals surface area contributed by atoms with E-state index in [1.807, 2.05) is 0 Å². The number of carbonyl (C=O) groups is 1. The summed E-state index contributed by atoms with van der Waals surface area (Å²) < 4.78 is 26.1. The van der Waals surface area contributed by atoms with E-state index in [1.54, 1.807) is 0 Å². The average molecular weight is 282 g/mol. The van der Waals surface area contributed by atoms with Gasteiger partial charge in [0.15, 0.2) is 0 Å². The van der Waals surface area contributed by atoms with Crippen LogP contribution in [0.2, 0.25) is 5.02 Å². The highest BCUT2D eigenvalue weighted by Crippen LogP contribution is 2.19. The van der Waals surface area contributed by atoms with E-state index in [4.69, 9.17) is 11.6 Å². The number of nitrogens with one attached hydrogen (secondary N) is 1. The Hall–Kier alpha value is -1.94. The number of hydrogen-bond acceptors (Lipinski definition) is 1. The first-order chi connectivity index (χ1) is 9.04. The van der Waals surface area contributed by atoms with Crippen molar-refractivity contribution in [3.05, 3.63) is 64.7 Å². The van der Waals surface area contributed by atoms with Crippen molar-refractivity contribution in [1.82, 2.24) is 0 Å². The molecule has 1 N–H and O–H groups in total. The van der Waals surface area contributed by atoms with Gasteiger partial charge in [-0.05, 0) is 35.9 Å². The van der Waals surface area contributed by atoms with Gasteiger partial charge in [0.05, 0.1) is 12.1 Å². The van der Waals surface area contributed by atoms with Crippen LogP contribution < -0.4 is 5.32 Å². The molecule has 19 heavy (non-hydrogen) atoms. The van der Waals surface area contributed by atoms with Crippen molar-refractivity contribution in [2.24, 2.45) is 0 Å². The molecule has 2 rings (SSSR count). The molecule has 0 saturated carbocycles. The van der Waals surface area contributed by atoms with Gasteiger partial charge in [0.2, 0.25) is 5.91 Å². The van der Waals surface area contributed by atoms with Crippen LogP contribution in [0.5, 0.6) is 0 Å². The lowest BCUT2D eigenvalue weighted by Gasteiger charge is -2.07. The van der Waals surface area contributed by atoms with Crippen LogP contribution in [-0.4, -0.2) is 5.91 Å². The summed E-state index contributed by atoms with van der Waals surface area (Å²) in [5, 5.41) is 2.75. The Morgan fingerprint density at radius 3 is 2.47 bits per heavy atom. The van der Waals surface area contributed by atoms with E-state index < -0.39 is 11.7 Å². The molecule has 0 aliphatic carbocycles. The maximum atomic E-state index is 13.4. The summed E-state index contributed by atoms with van der Waals surface area (Å²) in [6.07, 6.45) is 0.0340. The molecule has 0 radical (unpaired) electrons. The Morgan fingerprint density at radius 1 is 1.11 bits per heavy atom. The molecule has 0 saturated heterocycles. The summed E-state index contributed by atoms with van der Waals surface area (Å²) in [6, 6.07) is 9.44. The third-order valence-corrected chi connectivity index (χ3v) is 2.72. The van der Waals surface area contributed by atoms with Crippen LogP contribution in [0.3, 0.4) is 0 Å². The number of hydrogen-bond donors (Lipinski definition) is 1. The van der Waals surface area contributed by atoms with Crippen LogP contribution in [0.1, 0.15) is 5.56 Å². The molecule has 5 heteroatoms. The van der Waals surface area contributed by atoms with Crippen molar-refractivity contribution in [2.45, 2.75) is 6.42 Å². The molecule has 0 atom stereocenters. The van der Waals surface area contributed by atoms with Crippen molar-refractivity contribution in [3.63, 3.8) is 0 Å². The van der Waals surface area contributed by atoms with Crippen LogP contribution in [0.4, 0.5) is 14.5 Å². The van der Waals surface area contributed by atoms with Crippen molar-refractivity contribution in [2.75, 3.05) is 5.32 Å². The van der Waals surface area contributed by atoms with Gasteiger partial charge in [-0.15, -0.1) is 0 Å². The molecular formula is C14H10ClF2NO. The molecule has 0 spiro atoms. The lowest BCUT2D eigenvalue weighted by atomic mass is 10.1. The Balaban J connectivity index is 2.05. The monoisotopic (exact) mass is 281 g/mol. The van der Waals surface area contributed by atoms with E-state index in [9.17, 15) is 13.6 Å². The summed E-state index contributed by atoms with van der Waals surface area (Å²) in [4.78, 5) is 11.7. The Bertz CT molecular complexity index is 599. The van der Waals surface area contributed by atoms with Crippen molar-refractivity contribution >= 4 is 23.2 Å². The number of amides is 1. The highest BCUT2D eigenvalue weighted by Gasteiger charge is 2.08. The zero-order valence-corrected chi connectivity index (χ0v) is 10.5. The van der Waals surface area contributed by atoms with E-state index >= 15 is 0 Å². The van der Waals surface area contributed by atoms with Crippen molar-refractivity contribution in [1.29, 1.82) is 0 Å². The van der Waals surface area contributed by atoms with Gasteiger partial charge in [-0.25, -0.2) is 8.78 Å². The van der Waals surface area contributed by atoms with Gasteiger partial charge < -0.3 is 5.32 Å². The Morgan fingerprint density at radius 2 is 1.79 bits per heavy atom. The van der Waals surface area contributed by atoms with Crippen LogP contribution in [-0.2, 0) is 11.2 Å². The van der Waals surface area contributed by atoms with Gasteiger partial charge in [0.1, 0.15) is 11.6 Å². The maximum absolute atomic E-state index is 13.4. The topological polar surface area (TPSA) is 29.1 Å². The summed E-state index contributed by atoms with van der Waals surface area (Å²) in [5.41, 5.74) is 0.668. The molecule has 0 heterocycles. The van der Waals surface area contributed by atoms with Gasteiger partial charge in [-0.2, -0.15) is 0 Å². The number of benzene rings is 2. The lowest BCUT2D eigenvalue weighted by molar-refractivity contribution is -0.115. The molecule has 2 aromatic carbocycles. The Kier molecular flexibility index (Phi) is 4.12. The maximum Gasteiger partial charge on any atom is 0.228 e. The van der Waals surface area contributed by atoms with Crippen LogP contribution >= 0.6 is 11.6 Å². The summed E-state index contributed by atoms with van der Waals surface area (Å²) in [7, 11) is 0. The largest absolute Gasteiger partial charge is 0.323 e. The normalized spacial score (nSPS) is 10.3. The predicted molar refractivity (Wildman–Crippen MR) is 70.1 cm³/mol. The third kappa shape index (κ3) is 3.76. The molecule has 98 valence electrons. The van der Waals surface area contributed by atoms with E-state index in [-0.39, 0.29) is 17.9 Å². The van der Waals surface area contributed by atoms with Crippen LogP contribution in [0.25, 0.3) is 0 Å². The van der Waals surface area contributed by atoms with E-state index in [0.29, 0.717) is 10.6 Å². The third-order valence-electron chi connectivity index (χ3n) is 2.48. The predicted octanol–water partition coefficient (Wildman–Crippen LogP) is 3.80. The summed E-state index contributed by atoms with van der Waals surface area (Å²) >= 11 is 5.72. The molecule has 0 unspecified atom stereocenters. The molecular weight excluding hydrogens is 272 g/mol. The number of halogens is 3. The smallest absolute Gasteiger partial charge is 0.228 e. The summed E-state index contributed by atoms with van der Waals surface area (Å²) in [5.74, 6) is -1.32. The average Bonchev–Trinajstić information content (AvgIpc) is 2.37. The number of anilines is 1. The van der Waals surface area contributed by atoms with Gasteiger partial charge in [0, 0.05) is 5.02 Å². The van der Waals surface area contributed by atoms with Gasteiger partial charge >= 0.3 is 0 Å². The van der Waals surface area contributed by atoms with Gasteiger partial charge in [0.25, 0.3) is 0 Å². The van der Waals surface area contributed by atoms with Gasteiger partial charge in [-0.3, -0.25) is 4.79 Å². The fraction of sp³-hybridized carbons (Fsp3) is 0.0714. The minimum atomic E-state index is -0.558. The van der Waals surface area contributed by atoms with E-state index in [2.05, 4.69) is 5.32 Å². The van der Waals surface area contributed by atoms with Crippen molar-refractivity contribution < 1.29 is 13.6 Å². The van der Waals surface area contributed by atoms with Crippen LogP contribution in [0, 0.1) is 11.6 Å². The first-order valence-corrected chi connectivity index (χ1v) is 5.92.